The number of rotatable bonds is 4. The van der Waals surface area contributed by atoms with Crippen molar-refractivity contribution in [2.24, 2.45) is 5.92 Å². The molecule has 6 heteroatoms. The lowest BCUT2D eigenvalue weighted by Gasteiger charge is -2.34. The van der Waals surface area contributed by atoms with Gasteiger partial charge < -0.3 is 4.90 Å². The molecule has 20 heavy (non-hydrogen) atoms. The first kappa shape index (κ1) is 14.8. The molecule has 1 aliphatic rings. The molecule has 1 aliphatic carbocycles. The van der Waals surface area contributed by atoms with E-state index in [2.05, 4.69) is 0 Å². The Labute approximate surface area is 122 Å². The number of carbonyl (C=O) groups is 1. The third-order valence-electron chi connectivity index (χ3n) is 3.71. The Balaban J connectivity index is 2.16. The van der Waals surface area contributed by atoms with Crippen LogP contribution < -0.4 is 0 Å². The summed E-state index contributed by atoms with van der Waals surface area (Å²) in [5.74, 6) is 0.0914. The third-order valence-corrected chi connectivity index (χ3v) is 4.06. The van der Waals surface area contributed by atoms with Crippen LogP contribution in [-0.4, -0.2) is 34.7 Å². The monoisotopic (exact) mass is 296 g/mol. The number of hydrogen-bond donors (Lipinski definition) is 0. The molecule has 0 N–H and O–H groups in total. The summed E-state index contributed by atoms with van der Waals surface area (Å²) in [4.78, 5) is 24.5. The lowest BCUT2D eigenvalue weighted by molar-refractivity contribution is -0.385. The topological polar surface area (TPSA) is 63.5 Å². The van der Waals surface area contributed by atoms with Gasteiger partial charge in [-0.3, -0.25) is 14.9 Å². The third kappa shape index (κ3) is 2.93. The Morgan fingerprint density at radius 2 is 2.15 bits per heavy atom. The average molecular weight is 297 g/mol. The van der Waals surface area contributed by atoms with Gasteiger partial charge in [0.15, 0.2) is 0 Å². The predicted octanol–water partition coefficient (Wildman–Crippen LogP) is 2.99. The second kappa shape index (κ2) is 5.79. The molecule has 0 saturated heterocycles. The molecule has 0 bridgehead atoms. The van der Waals surface area contributed by atoms with E-state index in [1.54, 1.807) is 31.0 Å². The van der Waals surface area contributed by atoms with Gasteiger partial charge in [0.1, 0.15) is 5.56 Å². The van der Waals surface area contributed by atoms with Gasteiger partial charge in [-0.05, 0) is 31.7 Å². The van der Waals surface area contributed by atoms with E-state index in [0.29, 0.717) is 18.0 Å². The van der Waals surface area contributed by atoms with Crippen molar-refractivity contribution < 1.29 is 9.72 Å². The molecule has 0 atom stereocenters. The molecule has 1 aromatic rings. The van der Waals surface area contributed by atoms with Crippen LogP contribution in [0, 0.1) is 23.0 Å². The molecule has 5 nitrogen and oxygen atoms in total. The van der Waals surface area contributed by atoms with Crippen LogP contribution in [0.4, 0.5) is 5.69 Å². The molecular weight excluding hydrogens is 280 g/mol. The highest BCUT2D eigenvalue weighted by Crippen LogP contribution is 2.33. The second-order valence-corrected chi connectivity index (χ2v) is 5.97. The Bertz CT molecular complexity index is 541. The summed E-state index contributed by atoms with van der Waals surface area (Å²) >= 11 is 5.92. The van der Waals surface area contributed by atoms with Gasteiger partial charge >= 0.3 is 0 Å². The summed E-state index contributed by atoms with van der Waals surface area (Å²) in [7, 11) is 1.68. The fourth-order valence-corrected chi connectivity index (χ4v) is 3.06. The van der Waals surface area contributed by atoms with Crippen molar-refractivity contribution in [3.63, 3.8) is 0 Å². The van der Waals surface area contributed by atoms with E-state index < -0.39 is 4.92 Å². The number of hydrogen-bond acceptors (Lipinski definition) is 3. The number of nitro groups is 1. The first-order valence-electron chi connectivity index (χ1n) is 6.53. The van der Waals surface area contributed by atoms with Crippen molar-refractivity contribution in [3.05, 3.63) is 39.4 Å². The van der Waals surface area contributed by atoms with Crippen LogP contribution in [0.25, 0.3) is 0 Å². The maximum absolute atomic E-state index is 12.4. The number of nitro benzene ring substituents is 1. The van der Waals surface area contributed by atoms with Crippen molar-refractivity contribution >= 4 is 23.2 Å². The molecule has 0 spiro atoms. The number of benzene rings is 1. The van der Waals surface area contributed by atoms with Crippen molar-refractivity contribution in [2.45, 2.75) is 25.1 Å². The van der Waals surface area contributed by atoms with E-state index >= 15 is 0 Å². The van der Waals surface area contributed by atoms with Crippen LogP contribution in [0.2, 0.25) is 0 Å². The molecule has 1 aromatic carbocycles. The van der Waals surface area contributed by atoms with Gasteiger partial charge in [0.05, 0.1) is 4.92 Å². The van der Waals surface area contributed by atoms with E-state index in [1.165, 1.54) is 6.07 Å². The largest absolute Gasteiger partial charge is 0.341 e. The smallest absolute Gasteiger partial charge is 0.285 e. The Morgan fingerprint density at radius 1 is 1.50 bits per heavy atom. The zero-order valence-electron chi connectivity index (χ0n) is 11.5. The summed E-state index contributed by atoms with van der Waals surface area (Å²) in [6, 6.07) is 4.82. The fourth-order valence-electron chi connectivity index (χ4n) is 2.55. The van der Waals surface area contributed by atoms with Crippen molar-refractivity contribution in [3.8, 4) is 0 Å². The number of amides is 1. The van der Waals surface area contributed by atoms with Gasteiger partial charge in [-0.1, -0.05) is 12.1 Å². The highest BCUT2D eigenvalue weighted by molar-refractivity contribution is 6.21. The van der Waals surface area contributed by atoms with Crippen LogP contribution >= 0.6 is 11.6 Å². The summed E-state index contributed by atoms with van der Waals surface area (Å²) in [6.07, 6.45) is 1.80. The Hall–Kier alpha value is -1.62. The summed E-state index contributed by atoms with van der Waals surface area (Å²) in [6.45, 7) is 2.23. The van der Waals surface area contributed by atoms with Crippen LogP contribution in [0.15, 0.2) is 18.2 Å². The molecular formula is C14H17ClN2O3. The quantitative estimate of drug-likeness (QED) is 0.487. The highest BCUT2D eigenvalue weighted by Gasteiger charge is 2.31. The second-order valence-electron chi connectivity index (χ2n) is 5.35. The minimum Gasteiger partial charge on any atom is -0.341 e. The molecule has 0 radical (unpaired) electrons. The van der Waals surface area contributed by atoms with Crippen LogP contribution in [-0.2, 0) is 0 Å². The zero-order chi connectivity index (χ0) is 14.9. The molecule has 2 rings (SSSR count). The van der Waals surface area contributed by atoms with E-state index in [0.717, 1.165) is 12.8 Å². The first-order valence-corrected chi connectivity index (χ1v) is 6.97. The van der Waals surface area contributed by atoms with E-state index in [9.17, 15) is 14.9 Å². The SMILES string of the molecule is Cc1cccc(C(=O)N(C)CC2CC(Cl)C2)c1[N+](=O)[O-]. The van der Waals surface area contributed by atoms with Gasteiger partial charge in [0, 0.05) is 24.5 Å². The normalized spacial score (nSPS) is 21.1. The van der Waals surface area contributed by atoms with Crippen molar-refractivity contribution in [1.82, 2.24) is 4.90 Å². The number of carbonyl (C=O) groups excluding carboxylic acids is 1. The van der Waals surface area contributed by atoms with E-state index in [1.807, 2.05) is 0 Å². The van der Waals surface area contributed by atoms with Gasteiger partial charge in [-0.25, -0.2) is 0 Å². The predicted molar refractivity (Wildman–Crippen MR) is 77.2 cm³/mol. The van der Waals surface area contributed by atoms with Crippen LogP contribution in [0.3, 0.4) is 0 Å². The first-order chi connectivity index (χ1) is 9.40. The minimum absolute atomic E-state index is 0.104. The Kier molecular flexibility index (Phi) is 4.28. The highest BCUT2D eigenvalue weighted by atomic mass is 35.5. The molecule has 0 unspecified atom stereocenters. The summed E-state index contributed by atoms with van der Waals surface area (Å²) < 4.78 is 0. The van der Waals surface area contributed by atoms with Gasteiger partial charge in [0.25, 0.3) is 11.6 Å². The number of nitrogens with zero attached hydrogens (tertiary/aromatic N) is 2. The van der Waals surface area contributed by atoms with Gasteiger partial charge in [-0.2, -0.15) is 0 Å². The molecule has 0 aromatic heterocycles. The zero-order valence-corrected chi connectivity index (χ0v) is 12.3. The summed E-state index contributed by atoms with van der Waals surface area (Å²) in [5, 5.41) is 11.3. The maximum Gasteiger partial charge on any atom is 0.285 e. The van der Waals surface area contributed by atoms with E-state index in [-0.39, 0.29) is 22.5 Å². The lowest BCUT2D eigenvalue weighted by Crippen LogP contribution is -2.38. The van der Waals surface area contributed by atoms with Crippen LogP contribution in [0.1, 0.15) is 28.8 Å². The molecule has 0 heterocycles. The van der Waals surface area contributed by atoms with Gasteiger partial charge in [0.2, 0.25) is 0 Å². The fraction of sp³-hybridized carbons (Fsp3) is 0.500. The number of halogens is 1. The van der Waals surface area contributed by atoms with Crippen molar-refractivity contribution in [2.75, 3.05) is 13.6 Å². The standard InChI is InChI=1S/C14H17ClN2O3/c1-9-4-3-5-12(13(9)17(19)20)14(18)16(2)8-10-6-11(15)7-10/h3-5,10-11H,6-8H2,1-2H3. The lowest BCUT2D eigenvalue weighted by atomic mass is 9.84. The average Bonchev–Trinajstić information content (AvgIpc) is 2.35. The number of aryl methyl sites for hydroxylation is 1. The molecule has 1 fully saturated rings. The molecule has 1 amide bonds. The van der Waals surface area contributed by atoms with Gasteiger partial charge in [-0.15, -0.1) is 11.6 Å². The molecule has 1 saturated carbocycles. The van der Waals surface area contributed by atoms with Crippen molar-refractivity contribution in [1.29, 1.82) is 0 Å². The molecule has 0 aliphatic heterocycles. The molecule has 108 valence electrons. The Morgan fingerprint density at radius 3 is 2.70 bits per heavy atom. The number of alkyl halides is 1. The number of para-hydroxylation sites is 1. The minimum atomic E-state index is -0.492. The van der Waals surface area contributed by atoms with Crippen LogP contribution in [0.5, 0.6) is 0 Å². The summed E-state index contributed by atoms with van der Waals surface area (Å²) in [5.41, 5.74) is 0.547. The van der Waals surface area contributed by atoms with E-state index in [4.69, 9.17) is 11.6 Å². The maximum atomic E-state index is 12.4.